The number of hydrogen-bond donors (Lipinski definition) is 2. The van der Waals surface area contributed by atoms with E-state index >= 15 is 0 Å². The first-order valence-corrected chi connectivity index (χ1v) is 3.88. The Morgan fingerprint density at radius 2 is 2.31 bits per heavy atom. The van der Waals surface area contributed by atoms with Crippen LogP contribution in [0.5, 0.6) is 0 Å². The summed E-state index contributed by atoms with van der Waals surface area (Å²) in [5.74, 6) is 0.556. The molecule has 0 saturated heterocycles. The molecule has 1 aliphatic rings. The van der Waals surface area contributed by atoms with Gasteiger partial charge in [0.25, 0.3) is 0 Å². The third kappa shape index (κ3) is 3.75. The van der Waals surface area contributed by atoms with Gasteiger partial charge in [0, 0.05) is 25.1 Å². The molecule has 0 fully saturated rings. The number of hydrogen-bond acceptors (Lipinski definition) is 4. The summed E-state index contributed by atoms with van der Waals surface area (Å²) in [6.45, 7) is 0. The average Bonchev–Trinajstić information content (AvgIpc) is 2.20. The molecule has 1 aliphatic carbocycles. The monoisotopic (exact) mass is 185 g/mol. The van der Waals surface area contributed by atoms with E-state index in [1.165, 1.54) is 0 Å². The normalized spacial score (nSPS) is 20.4. The molecule has 1 rings (SSSR count). The molecular weight excluding hydrogens is 170 g/mol. The zero-order chi connectivity index (χ0) is 10.3. The minimum atomic E-state index is -0.116. The molecule has 0 bridgehead atoms. The van der Waals surface area contributed by atoms with Crippen LogP contribution in [0.25, 0.3) is 0 Å². The molecule has 0 aliphatic heterocycles. The van der Waals surface area contributed by atoms with Crippen molar-refractivity contribution in [1.82, 2.24) is 0 Å². The molecule has 0 aromatic heterocycles. The van der Waals surface area contributed by atoms with Gasteiger partial charge in [-0.1, -0.05) is 0 Å². The van der Waals surface area contributed by atoms with Crippen molar-refractivity contribution < 1.29 is 14.6 Å². The summed E-state index contributed by atoms with van der Waals surface area (Å²) in [5.41, 5.74) is 6.24. The zero-order valence-corrected chi connectivity index (χ0v) is 7.86. The molecule has 1 atom stereocenters. The first-order valence-electron chi connectivity index (χ1n) is 3.88. The van der Waals surface area contributed by atoms with Crippen molar-refractivity contribution in [1.29, 1.82) is 0 Å². The molecule has 0 spiro atoms. The Hall–Kier alpha value is -1.29. The fraction of sp³-hybridized carbons (Fsp3) is 0.444. The van der Waals surface area contributed by atoms with Gasteiger partial charge in [-0.3, -0.25) is 0 Å². The molecule has 0 amide bonds. The van der Waals surface area contributed by atoms with Crippen LogP contribution in [-0.2, 0) is 9.53 Å². The SMILES string of the molecule is CO.COC1=CC(C=O)CC(N)=C1. The van der Waals surface area contributed by atoms with Crippen molar-refractivity contribution in [3.63, 3.8) is 0 Å². The van der Waals surface area contributed by atoms with Gasteiger partial charge in [0.2, 0.25) is 0 Å². The fourth-order valence-corrected chi connectivity index (χ4v) is 1.05. The molecule has 13 heavy (non-hydrogen) atoms. The van der Waals surface area contributed by atoms with Gasteiger partial charge in [-0.15, -0.1) is 0 Å². The van der Waals surface area contributed by atoms with Gasteiger partial charge in [-0.05, 0) is 12.2 Å². The number of nitrogens with two attached hydrogens (primary N) is 1. The highest BCUT2D eigenvalue weighted by Gasteiger charge is 2.12. The van der Waals surface area contributed by atoms with Crippen LogP contribution < -0.4 is 5.73 Å². The summed E-state index contributed by atoms with van der Waals surface area (Å²) in [4.78, 5) is 10.4. The Morgan fingerprint density at radius 1 is 1.69 bits per heavy atom. The van der Waals surface area contributed by atoms with Crippen LogP contribution >= 0.6 is 0 Å². The lowest BCUT2D eigenvalue weighted by molar-refractivity contribution is -0.110. The lowest BCUT2D eigenvalue weighted by Crippen LogP contribution is -2.11. The Labute approximate surface area is 77.7 Å². The summed E-state index contributed by atoms with van der Waals surface area (Å²) in [6.07, 6.45) is 4.98. The lowest BCUT2D eigenvalue weighted by Gasteiger charge is -2.13. The molecular formula is C9H15NO3. The minimum absolute atomic E-state index is 0.116. The van der Waals surface area contributed by atoms with E-state index in [-0.39, 0.29) is 5.92 Å². The summed E-state index contributed by atoms with van der Waals surface area (Å²) < 4.78 is 4.94. The molecule has 0 saturated carbocycles. The first kappa shape index (κ1) is 11.7. The van der Waals surface area contributed by atoms with Gasteiger partial charge in [0.15, 0.2) is 0 Å². The number of methoxy groups -OCH3 is 1. The number of allylic oxidation sites excluding steroid dienone is 3. The Morgan fingerprint density at radius 3 is 2.77 bits per heavy atom. The quantitative estimate of drug-likeness (QED) is 0.602. The fourth-order valence-electron chi connectivity index (χ4n) is 1.05. The van der Waals surface area contributed by atoms with Crippen LogP contribution in [0.15, 0.2) is 23.6 Å². The largest absolute Gasteiger partial charge is 0.497 e. The third-order valence-electron chi connectivity index (χ3n) is 1.59. The highest BCUT2D eigenvalue weighted by Crippen LogP contribution is 2.18. The van der Waals surface area contributed by atoms with E-state index < -0.39 is 0 Å². The van der Waals surface area contributed by atoms with Gasteiger partial charge < -0.3 is 20.4 Å². The molecule has 4 heteroatoms. The van der Waals surface area contributed by atoms with Crippen LogP contribution in [0, 0.1) is 5.92 Å². The Kier molecular flexibility index (Phi) is 5.63. The van der Waals surface area contributed by atoms with Crippen LogP contribution in [0.2, 0.25) is 0 Å². The van der Waals surface area contributed by atoms with Crippen molar-refractivity contribution in [2.24, 2.45) is 11.7 Å². The summed E-state index contributed by atoms with van der Waals surface area (Å²) >= 11 is 0. The molecule has 1 unspecified atom stereocenters. The standard InChI is InChI=1S/C8H11NO2.CH4O/c1-11-8-3-6(5-10)2-7(9)4-8;1-2/h3-6H,2,9H2,1H3;2H,1H3. The summed E-state index contributed by atoms with van der Waals surface area (Å²) in [7, 11) is 2.56. The summed E-state index contributed by atoms with van der Waals surface area (Å²) in [5, 5.41) is 7.00. The third-order valence-corrected chi connectivity index (χ3v) is 1.59. The predicted octanol–water partition coefficient (Wildman–Crippen LogP) is 0.187. The molecule has 4 nitrogen and oxygen atoms in total. The molecule has 3 N–H and O–H groups in total. The molecule has 74 valence electrons. The molecule has 0 radical (unpaired) electrons. The number of aliphatic hydroxyl groups is 1. The van der Waals surface area contributed by atoms with E-state index in [2.05, 4.69) is 0 Å². The number of carbonyl (C=O) groups excluding carboxylic acids is 1. The van der Waals surface area contributed by atoms with Crippen molar-refractivity contribution >= 4 is 6.29 Å². The van der Waals surface area contributed by atoms with Crippen molar-refractivity contribution in [3.8, 4) is 0 Å². The maximum atomic E-state index is 10.4. The smallest absolute Gasteiger partial charge is 0.127 e. The highest BCUT2D eigenvalue weighted by molar-refractivity contribution is 5.58. The van der Waals surface area contributed by atoms with Crippen LogP contribution in [0.1, 0.15) is 6.42 Å². The maximum Gasteiger partial charge on any atom is 0.127 e. The van der Waals surface area contributed by atoms with Crippen LogP contribution in [0.4, 0.5) is 0 Å². The van der Waals surface area contributed by atoms with E-state index in [0.29, 0.717) is 17.9 Å². The van der Waals surface area contributed by atoms with E-state index in [1.807, 2.05) is 0 Å². The Balaban J connectivity index is 0.000000671. The maximum absolute atomic E-state index is 10.4. The second-order valence-electron chi connectivity index (χ2n) is 2.50. The molecule has 0 aromatic rings. The second-order valence-corrected chi connectivity index (χ2v) is 2.50. The summed E-state index contributed by atoms with van der Waals surface area (Å²) in [6, 6.07) is 0. The van der Waals surface area contributed by atoms with E-state index in [0.717, 1.165) is 13.4 Å². The Bertz CT molecular complexity index is 221. The van der Waals surface area contributed by atoms with Gasteiger partial charge in [-0.25, -0.2) is 0 Å². The molecule has 0 aromatic carbocycles. The van der Waals surface area contributed by atoms with Crippen molar-refractivity contribution in [2.45, 2.75) is 6.42 Å². The van der Waals surface area contributed by atoms with E-state index in [1.54, 1.807) is 19.3 Å². The predicted molar refractivity (Wildman–Crippen MR) is 49.7 cm³/mol. The second kappa shape index (κ2) is 6.25. The van der Waals surface area contributed by atoms with Crippen LogP contribution in [0.3, 0.4) is 0 Å². The highest BCUT2D eigenvalue weighted by atomic mass is 16.5. The first-order chi connectivity index (χ1) is 6.26. The average molecular weight is 185 g/mol. The van der Waals surface area contributed by atoms with Gasteiger partial charge >= 0.3 is 0 Å². The molecule has 0 heterocycles. The number of aliphatic hydroxyl groups excluding tert-OH is 1. The van der Waals surface area contributed by atoms with Gasteiger partial charge in [0.1, 0.15) is 12.0 Å². The minimum Gasteiger partial charge on any atom is -0.497 e. The zero-order valence-electron chi connectivity index (χ0n) is 7.86. The topological polar surface area (TPSA) is 72.5 Å². The number of rotatable bonds is 2. The van der Waals surface area contributed by atoms with E-state index in [9.17, 15) is 4.79 Å². The lowest BCUT2D eigenvalue weighted by atomic mass is 9.99. The number of carbonyl (C=O) groups is 1. The van der Waals surface area contributed by atoms with Crippen molar-refractivity contribution in [3.05, 3.63) is 23.6 Å². The van der Waals surface area contributed by atoms with Gasteiger partial charge in [0.05, 0.1) is 7.11 Å². The number of aldehydes is 1. The number of ether oxygens (including phenoxy) is 1. The van der Waals surface area contributed by atoms with Crippen molar-refractivity contribution in [2.75, 3.05) is 14.2 Å². The van der Waals surface area contributed by atoms with E-state index in [4.69, 9.17) is 15.6 Å². The van der Waals surface area contributed by atoms with Gasteiger partial charge in [-0.2, -0.15) is 0 Å². The van der Waals surface area contributed by atoms with Crippen LogP contribution in [-0.4, -0.2) is 25.6 Å².